The summed E-state index contributed by atoms with van der Waals surface area (Å²) in [5.41, 5.74) is 0. The maximum atomic E-state index is 11.9. The Labute approximate surface area is 130 Å². The molecule has 0 fully saturated rings. The van der Waals surface area contributed by atoms with Gasteiger partial charge in [0.1, 0.15) is 6.04 Å². The van der Waals surface area contributed by atoms with Crippen molar-refractivity contribution < 1.29 is 23.9 Å². The highest BCUT2D eigenvalue weighted by Gasteiger charge is 2.22. The van der Waals surface area contributed by atoms with Crippen LogP contribution in [0, 0.1) is 5.92 Å². The highest BCUT2D eigenvalue weighted by atomic mass is 32.2. The third-order valence-electron chi connectivity index (χ3n) is 2.71. The molecule has 0 aliphatic rings. The van der Waals surface area contributed by atoms with Gasteiger partial charge in [-0.05, 0) is 12.3 Å². The second kappa shape index (κ2) is 10.5. The average molecular weight is 319 g/mol. The molecule has 0 aromatic heterocycles. The lowest BCUT2D eigenvalue weighted by atomic mass is 10.0. The van der Waals surface area contributed by atoms with Crippen molar-refractivity contribution in [1.82, 2.24) is 5.32 Å². The number of ether oxygens (including phenoxy) is 2. The molecule has 0 saturated carbocycles. The molecule has 0 radical (unpaired) electrons. The van der Waals surface area contributed by atoms with Crippen LogP contribution >= 0.6 is 11.8 Å². The lowest BCUT2D eigenvalue weighted by Crippen LogP contribution is -2.43. The smallest absolute Gasteiger partial charge is 0.328 e. The molecule has 2 atom stereocenters. The number of carbonyl (C=O) groups excluding carboxylic acids is 3. The second-order valence-electron chi connectivity index (χ2n) is 5.17. The summed E-state index contributed by atoms with van der Waals surface area (Å²) in [6.07, 6.45) is 0.779. The molecule has 21 heavy (non-hydrogen) atoms. The fourth-order valence-corrected chi connectivity index (χ4v) is 2.43. The molecule has 0 aromatic rings. The average Bonchev–Trinajstić information content (AvgIpc) is 2.42. The van der Waals surface area contributed by atoms with Crippen molar-refractivity contribution in [1.29, 1.82) is 0 Å². The van der Waals surface area contributed by atoms with Crippen molar-refractivity contribution in [2.45, 2.75) is 44.9 Å². The van der Waals surface area contributed by atoms with E-state index >= 15 is 0 Å². The van der Waals surface area contributed by atoms with Crippen LogP contribution < -0.4 is 5.32 Å². The Hall–Kier alpha value is -1.24. The van der Waals surface area contributed by atoms with Crippen molar-refractivity contribution in [2.24, 2.45) is 5.92 Å². The van der Waals surface area contributed by atoms with E-state index in [-0.39, 0.29) is 35.2 Å². The molecule has 7 heteroatoms. The Kier molecular flexibility index (Phi) is 9.86. The molecule has 1 N–H and O–H groups in total. The third-order valence-corrected chi connectivity index (χ3v) is 3.87. The summed E-state index contributed by atoms with van der Waals surface area (Å²) in [4.78, 5) is 34.6. The Morgan fingerprint density at radius 2 is 1.71 bits per heavy atom. The molecule has 1 amide bonds. The SMILES string of the molecule is COC(=O)CC(C)SCC(=O)NC(CC(C)C)C(=O)OC. The van der Waals surface area contributed by atoms with Crippen molar-refractivity contribution in [3.8, 4) is 0 Å². The molecule has 0 bridgehead atoms. The first-order chi connectivity index (χ1) is 9.79. The summed E-state index contributed by atoms with van der Waals surface area (Å²) in [6, 6.07) is -0.626. The summed E-state index contributed by atoms with van der Waals surface area (Å²) >= 11 is 1.34. The Bertz CT molecular complexity index is 359. The predicted octanol–water partition coefficient (Wildman–Crippen LogP) is 1.38. The topological polar surface area (TPSA) is 81.7 Å². The van der Waals surface area contributed by atoms with Gasteiger partial charge in [0.2, 0.25) is 5.91 Å². The first kappa shape index (κ1) is 19.8. The van der Waals surface area contributed by atoms with E-state index < -0.39 is 12.0 Å². The first-order valence-corrected chi connectivity index (χ1v) is 7.90. The molecule has 2 unspecified atom stereocenters. The number of amides is 1. The predicted molar refractivity (Wildman–Crippen MR) is 82.0 cm³/mol. The summed E-state index contributed by atoms with van der Waals surface area (Å²) in [5.74, 6) is -0.538. The summed E-state index contributed by atoms with van der Waals surface area (Å²) in [5, 5.41) is 2.65. The van der Waals surface area contributed by atoms with Gasteiger partial charge in [-0.3, -0.25) is 9.59 Å². The molecule has 0 saturated heterocycles. The number of esters is 2. The van der Waals surface area contributed by atoms with Crippen molar-refractivity contribution >= 4 is 29.6 Å². The Morgan fingerprint density at radius 1 is 1.10 bits per heavy atom. The van der Waals surface area contributed by atoms with Gasteiger partial charge in [-0.25, -0.2) is 4.79 Å². The monoisotopic (exact) mass is 319 g/mol. The van der Waals surface area contributed by atoms with Crippen LogP contribution in [0.25, 0.3) is 0 Å². The maximum Gasteiger partial charge on any atom is 0.328 e. The van der Waals surface area contributed by atoms with Gasteiger partial charge in [0.25, 0.3) is 0 Å². The molecule has 6 nitrogen and oxygen atoms in total. The number of thioether (sulfide) groups is 1. The second-order valence-corrected chi connectivity index (χ2v) is 6.60. The van der Waals surface area contributed by atoms with Crippen LogP contribution in [0.4, 0.5) is 0 Å². The number of methoxy groups -OCH3 is 2. The molecule has 0 heterocycles. The molecule has 0 aliphatic carbocycles. The van der Waals surface area contributed by atoms with Gasteiger partial charge in [0.05, 0.1) is 26.4 Å². The van der Waals surface area contributed by atoms with Crippen LogP contribution in [0.3, 0.4) is 0 Å². The number of hydrogen-bond acceptors (Lipinski definition) is 6. The highest BCUT2D eigenvalue weighted by molar-refractivity contribution is 8.00. The van der Waals surface area contributed by atoms with Gasteiger partial charge in [-0.1, -0.05) is 20.8 Å². The zero-order valence-electron chi connectivity index (χ0n) is 13.3. The zero-order chi connectivity index (χ0) is 16.4. The molecule has 0 spiro atoms. The minimum atomic E-state index is -0.626. The highest BCUT2D eigenvalue weighted by Crippen LogP contribution is 2.14. The lowest BCUT2D eigenvalue weighted by molar-refractivity contribution is -0.145. The lowest BCUT2D eigenvalue weighted by Gasteiger charge is -2.18. The van der Waals surface area contributed by atoms with Crippen molar-refractivity contribution in [2.75, 3.05) is 20.0 Å². The summed E-state index contributed by atoms with van der Waals surface area (Å²) < 4.78 is 9.25. The Balaban J connectivity index is 4.25. The fraction of sp³-hybridized carbons (Fsp3) is 0.786. The normalized spacial score (nSPS) is 13.4. The Morgan fingerprint density at radius 3 is 2.19 bits per heavy atom. The molecular formula is C14H25NO5S. The van der Waals surface area contributed by atoms with E-state index in [1.165, 1.54) is 26.0 Å². The van der Waals surface area contributed by atoms with E-state index in [2.05, 4.69) is 14.8 Å². The number of hydrogen-bond donors (Lipinski definition) is 1. The molecule has 122 valence electrons. The van der Waals surface area contributed by atoms with E-state index in [1.54, 1.807) is 0 Å². The van der Waals surface area contributed by atoms with E-state index in [4.69, 9.17) is 0 Å². The number of carbonyl (C=O) groups is 3. The van der Waals surface area contributed by atoms with Gasteiger partial charge in [0.15, 0.2) is 0 Å². The van der Waals surface area contributed by atoms with Crippen molar-refractivity contribution in [3.05, 3.63) is 0 Å². The van der Waals surface area contributed by atoms with Gasteiger partial charge in [-0.15, -0.1) is 11.8 Å². The van der Waals surface area contributed by atoms with Crippen LogP contribution in [0.1, 0.15) is 33.6 Å². The maximum absolute atomic E-state index is 11.9. The molecule has 0 rings (SSSR count). The molecular weight excluding hydrogens is 294 g/mol. The minimum absolute atomic E-state index is 0.0233. The van der Waals surface area contributed by atoms with E-state index in [9.17, 15) is 14.4 Å². The standard InChI is InChI=1S/C14H25NO5S/c1-9(2)6-11(14(18)20-5)15-12(16)8-21-10(3)7-13(17)19-4/h9-11H,6-8H2,1-5H3,(H,15,16). The number of rotatable bonds is 9. The van der Waals surface area contributed by atoms with Crippen LogP contribution in [0.15, 0.2) is 0 Å². The fourth-order valence-electron chi connectivity index (χ4n) is 1.66. The first-order valence-electron chi connectivity index (χ1n) is 6.85. The van der Waals surface area contributed by atoms with Crippen LogP contribution in [0.2, 0.25) is 0 Å². The van der Waals surface area contributed by atoms with Gasteiger partial charge in [-0.2, -0.15) is 0 Å². The van der Waals surface area contributed by atoms with E-state index in [0.717, 1.165) is 0 Å². The summed E-state index contributed by atoms with van der Waals surface area (Å²) in [6.45, 7) is 5.78. The van der Waals surface area contributed by atoms with Gasteiger partial charge in [0, 0.05) is 5.25 Å². The van der Waals surface area contributed by atoms with Crippen LogP contribution in [-0.2, 0) is 23.9 Å². The van der Waals surface area contributed by atoms with Crippen LogP contribution in [0.5, 0.6) is 0 Å². The van der Waals surface area contributed by atoms with E-state index in [0.29, 0.717) is 6.42 Å². The van der Waals surface area contributed by atoms with Crippen LogP contribution in [-0.4, -0.2) is 49.1 Å². The van der Waals surface area contributed by atoms with Gasteiger partial charge >= 0.3 is 11.9 Å². The van der Waals surface area contributed by atoms with Crippen molar-refractivity contribution in [3.63, 3.8) is 0 Å². The van der Waals surface area contributed by atoms with E-state index in [1.807, 2.05) is 20.8 Å². The largest absolute Gasteiger partial charge is 0.469 e. The van der Waals surface area contributed by atoms with Gasteiger partial charge < -0.3 is 14.8 Å². The quantitative estimate of drug-likeness (QED) is 0.647. The molecule has 0 aliphatic heterocycles. The third kappa shape index (κ3) is 9.33. The summed E-state index contributed by atoms with van der Waals surface area (Å²) in [7, 11) is 2.63. The minimum Gasteiger partial charge on any atom is -0.469 e. The molecule has 0 aromatic carbocycles. The zero-order valence-corrected chi connectivity index (χ0v) is 14.1. The number of nitrogens with one attached hydrogen (secondary N) is 1.